The lowest BCUT2D eigenvalue weighted by Crippen LogP contribution is -2.16. The molecule has 0 bridgehead atoms. The van der Waals surface area contributed by atoms with Crippen LogP contribution in [0.5, 0.6) is 5.75 Å². The maximum Gasteiger partial charge on any atom is 0.222 e. The van der Waals surface area contributed by atoms with Crippen LogP contribution in [0.25, 0.3) is 22.2 Å². The Kier molecular flexibility index (Phi) is 5.17. The number of anilines is 2. The Morgan fingerprint density at radius 1 is 1.19 bits per heavy atom. The average molecular weight is 413 g/mol. The van der Waals surface area contributed by atoms with Crippen LogP contribution in [0.1, 0.15) is 36.3 Å². The van der Waals surface area contributed by atoms with Gasteiger partial charge in [-0.3, -0.25) is 0 Å². The molecule has 0 spiro atoms. The van der Waals surface area contributed by atoms with Gasteiger partial charge >= 0.3 is 0 Å². The third-order valence-corrected chi connectivity index (χ3v) is 5.34. The van der Waals surface area contributed by atoms with E-state index in [1.54, 1.807) is 19.1 Å². The zero-order valence-electron chi connectivity index (χ0n) is 17.6. The number of nitrogens with zero attached hydrogens (tertiary/aromatic N) is 5. The van der Waals surface area contributed by atoms with E-state index in [1.807, 2.05) is 42.9 Å². The number of benzene rings is 1. The number of hydrogen-bond acceptors (Lipinski definition) is 7. The number of aryl methyl sites for hydroxylation is 2. The second kappa shape index (κ2) is 7.95. The highest BCUT2D eigenvalue weighted by Gasteiger charge is 2.21. The van der Waals surface area contributed by atoms with Crippen molar-refractivity contribution in [2.75, 3.05) is 11.1 Å². The summed E-state index contributed by atoms with van der Waals surface area (Å²) >= 11 is 0. The predicted molar refractivity (Wildman–Crippen MR) is 120 cm³/mol. The monoisotopic (exact) mass is 413 g/mol. The van der Waals surface area contributed by atoms with Crippen molar-refractivity contribution in [2.45, 2.75) is 26.3 Å². The van der Waals surface area contributed by atoms with Gasteiger partial charge in [-0.25, -0.2) is 9.97 Å². The number of nitrogen functional groups attached to an aromatic ring is 1. The van der Waals surface area contributed by atoms with E-state index in [2.05, 4.69) is 27.4 Å². The van der Waals surface area contributed by atoms with Gasteiger partial charge in [-0.2, -0.15) is 10.2 Å². The third kappa shape index (κ3) is 3.73. The molecule has 31 heavy (non-hydrogen) atoms. The van der Waals surface area contributed by atoms with E-state index >= 15 is 0 Å². The highest BCUT2D eigenvalue weighted by molar-refractivity contribution is 5.83. The Hall–Kier alpha value is -4.12. The van der Waals surface area contributed by atoms with Gasteiger partial charge in [0.15, 0.2) is 0 Å². The number of nitrogens with one attached hydrogen (secondary N) is 1. The maximum absolute atomic E-state index is 9.73. The van der Waals surface area contributed by atoms with Crippen LogP contribution in [0.2, 0.25) is 0 Å². The summed E-state index contributed by atoms with van der Waals surface area (Å²) in [4.78, 5) is 13.3. The van der Waals surface area contributed by atoms with Crippen LogP contribution in [0.4, 0.5) is 11.8 Å². The number of pyridine rings is 1. The minimum Gasteiger partial charge on any atom is -0.508 e. The van der Waals surface area contributed by atoms with Crippen molar-refractivity contribution in [1.82, 2.24) is 19.5 Å². The van der Waals surface area contributed by atoms with Crippen molar-refractivity contribution >= 4 is 22.8 Å². The van der Waals surface area contributed by atoms with Crippen LogP contribution in [-0.4, -0.2) is 24.6 Å². The molecule has 0 fully saturated rings. The molecule has 4 N–H and O–H groups in total. The second-order valence-corrected chi connectivity index (χ2v) is 7.41. The van der Waals surface area contributed by atoms with E-state index in [4.69, 9.17) is 10.7 Å². The molecule has 4 rings (SSSR count). The summed E-state index contributed by atoms with van der Waals surface area (Å²) in [5, 5.41) is 22.7. The summed E-state index contributed by atoms with van der Waals surface area (Å²) < 4.78 is 2.02. The topological polar surface area (TPSA) is 126 Å². The summed E-state index contributed by atoms with van der Waals surface area (Å²) in [6, 6.07) is 13.1. The van der Waals surface area contributed by atoms with Gasteiger partial charge < -0.3 is 20.7 Å². The van der Waals surface area contributed by atoms with Crippen molar-refractivity contribution in [2.24, 2.45) is 7.05 Å². The SMILES string of the molecule is CCC(Nc1nc(N)nc(C)c1C#N)c1nc2ccn(C)c2cc1-c1ccc(O)cc1. The van der Waals surface area contributed by atoms with E-state index in [1.165, 1.54) is 0 Å². The van der Waals surface area contributed by atoms with Crippen molar-refractivity contribution in [1.29, 1.82) is 5.26 Å². The zero-order chi connectivity index (χ0) is 22.1. The molecule has 3 heterocycles. The van der Waals surface area contributed by atoms with Crippen LogP contribution in [-0.2, 0) is 7.05 Å². The normalized spacial score (nSPS) is 11.9. The number of aromatic nitrogens is 4. The fraction of sp³-hybridized carbons (Fsp3) is 0.217. The van der Waals surface area contributed by atoms with Gasteiger partial charge in [-0.05, 0) is 43.2 Å². The van der Waals surface area contributed by atoms with E-state index in [0.29, 0.717) is 23.5 Å². The van der Waals surface area contributed by atoms with Crippen molar-refractivity contribution in [3.05, 3.63) is 59.5 Å². The molecule has 8 nitrogen and oxygen atoms in total. The van der Waals surface area contributed by atoms with Crippen LogP contribution in [0, 0.1) is 18.3 Å². The first-order valence-electron chi connectivity index (χ1n) is 9.97. The number of nitriles is 1. The molecule has 1 unspecified atom stereocenters. The number of phenolic OH excluding ortho intramolecular Hbond substituents is 1. The summed E-state index contributed by atoms with van der Waals surface area (Å²) in [5.74, 6) is 0.707. The first-order valence-corrected chi connectivity index (χ1v) is 9.97. The van der Waals surface area contributed by atoms with Crippen LogP contribution < -0.4 is 11.1 Å². The molecule has 0 amide bonds. The highest BCUT2D eigenvalue weighted by Crippen LogP contribution is 2.34. The Morgan fingerprint density at radius 2 is 1.94 bits per heavy atom. The number of fused-ring (bicyclic) bond motifs is 1. The van der Waals surface area contributed by atoms with Crippen molar-refractivity contribution in [3.63, 3.8) is 0 Å². The molecule has 0 aliphatic rings. The standard InChI is InChI=1S/C23H23N7O/c1-4-18(28-22-17(12-24)13(2)26-23(25)29-22)21-16(14-5-7-15(31)8-6-14)11-20-19(27-21)9-10-30(20)3/h5-11,18,31H,4H2,1-3H3,(H3,25,26,28,29). The van der Waals surface area contributed by atoms with E-state index in [-0.39, 0.29) is 17.7 Å². The molecule has 1 atom stereocenters. The van der Waals surface area contributed by atoms with Gasteiger partial charge in [0, 0.05) is 18.8 Å². The zero-order valence-corrected chi connectivity index (χ0v) is 17.6. The van der Waals surface area contributed by atoms with E-state index in [0.717, 1.165) is 27.9 Å². The average Bonchev–Trinajstić information content (AvgIpc) is 3.11. The fourth-order valence-corrected chi connectivity index (χ4v) is 3.70. The number of rotatable bonds is 5. The van der Waals surface area contributed by atoms with Crippen LogP contribution in [0.3, 0.4) is 0 Å². The molecular formula is C23H23N7O. The minimum absolute atomic E-state index is 0.110. The fourth-order valence-electron chi connectivity index (χ4n) is 3.70. The summed E-state index contributed by atoms with van der Waals surface area (Å²) in [6.45, 7) is 3.78. The first-order chi connectivity index (χ1) is 14.9. The summed E-state index contributed by atoms with van der Waals surface area (Å²) in [7, 11) is 1.98. The highest BCUT2D eigenvalue weighted by atomic mass is 16.3. The summed E-state index contributed by atoms with van der Waals surface area (Å²) in [6.07, 6.45) is 2.67. The van der Waals surface area contributed by atoms with Gasteiger partial charge in [0.1, 0.15) is 23.2 Å². The van der Waals surface area contributed by atoms with Gasteiger partial charge in [0.05, 0.1) is 28.5 Å². The number of aromatic hydroxyl groups is 1. The molecule has 0 radical (unpaired) electrons. The van der Waals surface area contributed by atoms with Gasteiger partial charge in [0.25, 0.3) is 0 Å². The first kappa shape index (κ1) is 20.2. The molecule has 8 heteroatoms. The molecule has 156 valence electrons. The maximum atomic E-state index is 9.73. The Bertz CT molecular complexity index is 1300. The van der Waals surface area contributed by atoms with Crippen LogP contribution in [0.15, 0.2) is 42.6 Å². The smallest absolute Gasteiger partial charge is 0.222 e. The van der Waals surface area contributed by atoms with E-state index < -0.39 is 0 Å². The predicted octanol–water partition coefficient (Wildman–Crippen LogP) is 4.06. The molecule has 0 saturated heterocycles. The number of phenols is 1. The molecule has 0 aliphatic carbocycles. The van der Waals surface area contributed by atoms with Gasteiger partial charge in [0.2, 0.25) is 5.95 Å². The molecular weight excluding hydrogens is 390 g/mol. The number of hydrogen-bond donors (Lipinski definition) is 3. The van der Waals surface area contributed by atoms with Crippen LogP contribution >= 0.6 is 0 Å². The van der Waals surface area contributed by atoms with Crippen molar-refractivity contribution < 1.29 is 5.11 Å². The molecule has 4 aromatic rings. The lowest BCUT2D eigenvalue weighted by Gasteiger charge is -2.22. The molecule has 3 aromatic heterocycles. The largest absolute Gasteiger partial charge is 0.508 e. The quantitative estimate of drug-likeness (QED) is 0.450. The second-order valence-electron chi connectivity index (χ2n) is 7.41. The Balaban J connectivity index is 1.88. The lowest BCUT2D eigenvalue weighted by atomic mass is 9.97. The molecule has 0 saturated carbocycles. The number of nitrogens with two attached hydrogens (primary N) is 1. The Morgan fingerprint density at radius 3 is 2.61 bits per heavy atom. The summed E-state index contributed by atoms with van der Waals surface area (Å²) in [5.41, 5.74) is 11.3. The minimum atomic E-state index is -0.228. The van der Waals surface area contributed by atoms with E-state index in [9.17, 15) is 10.4 Å². The van der Waals surface area contributed by atoms with Gasteiger partial charge in [-0.1, -0.05) is 19.1 Å². The van der Waals surface area contributed by atoms with Crippen molar-refractivity contribution in [3.8, 4) is 22.9 Å². The van der Waals surface area contributed by atoms with Gasteiger partial charge in [-0.15, -0.1) is 0 Å². The Labute approximate surface area is 180 Å². The molecule has 1 aromatic carbocycles. The lowest BCUT2D eigenvalue weighted by molar-refractivity contribution is 0.475. The molecule has 0 aliphatic heterocycles. The third-order valence-electron chi connectivity index (χ3n) is 5.34.